The topological polar surface area (TPSA) is 69.6 Å². The van der Waals surface area contributed by atoms with Gasteiger partial charge in [-0.05, 0) is 18.2 Å². The second-order valence-corrected chi connectivity index (χ2v) is 5.08. The highest BCUT2D eigenvalue weighted by Crippen LogP contribution is 2.22. The fourth-order valence-electron chi connectivity index (χ4n) is 1.42. The highest BCUT2D eigenvalue weighted by Gasteiger charge is 2.17. The van der Waals surface area contributed by atoms with Crippen LogP contribution in [0.2, 0.25) is 10.0 Å². The fraction of sp³-hybridized carbons (Fsp3) is 0.333. The number of urea groups is 1. The highest BCUT2D eigenvalue weighted by molar-refractivity contribution is 6.35. The van der Waals surface area contributed by atoms with Crippen molar-refractivity contribution in [1.82, 2.24) is 4.90 Å². The molecule has 1 rings (SSSR count). The average Bonchev–Trinajstić information content (AvgIpc) is 2.26. The van der Waals surface area contributed by atoms with Crippen LogP contribution in [-0.2, 0) is 4.79 Å². The number of aliphatic carboxylic acids is 1. The molecule has 0 aromatic heterocycles. The Morgan fingerprint density at radius 1 is 1.32 bits per heavy atom. The van der Waals surface area contributed by atoms with Crippen LogP contribution in [-0.4, -0.2) is 35.6 Å². The lowest BCUT2D eigenvalue weighted by Crippen LogP contribution is -2.36. The number of hydrogen-bond acceptors (Lipinski definition) is 2. The van der Waals surface area contributed by atoms with Gasteiger partial charge in [-0.25, -0.2) is 4.79 Å². The van der Waals surface area contributed by atoms with Crippen molar-refractivity contribution >= 4 is 40.9 Å². The summed E-state index contributed by atoms with van der Waals surface area (Å²) in [6.45, 7) is 1.64. The summed E-state index contributed by atoms with van der Waals surface area (Å²) in [6.07, 6.45) is 0. The lowest BCUT2D eigenvalue weighted by atomic mass is 10.2. The molecule has 0 aliphatic heterocycles. The largest absolute Gasteiger partial charge is 0.481 e. The maximum atomic E-state index is 11.8. The van der Waals surface area contributed by atoms with E-state index in [0.717, 1.165) is 0 Å². The molecule has 1 aromatic carbocycles. The van der Waals surface area contributed by atoms with Crippen molar-refractivity contribution in [2.24, 2.45) is 5.92 Å². The van der Waals surface area contributed by atoms with Gasteiger partial charge in [-0.1, -0.05) is 30.1 Å². The van der Waals surface area contributed by atoms with Gasteiger partial charge in [0.1, 0.15) is 0 Å². The normalized spacial score (nSPS) is 11.8. The fourth-order valence-corrected chi connectivity index (χ4v) is 1.94. The van der Waals surface area contributed by atoms with Crippen LogP contribution in [0.15, 0.2) is 18.2 Å². The summed E-state index contributed by atoms with van der Waals surface area (Å²) in [4.78, 5) is 23.8. The molecule has 7 heteroatoms. The summed E-state index contributed by atoms with van der Waals surface area (Å²) in [5.74, 6) is -1.59. The van der Waals surface area contributed by atoms with E-state index in [1.165, 1.54) is 18.9 Å². The van der Waals surface area contributed by atoms with Crippen LogP contribution in [0.25, 0.3) is 0 Å². The summed E-state index contributed by atoms with van der Waals surface area (Å²) in [5, 5.41) is 12.2. The number of carboxylic acid groups (broad SMARTS) is 1. The predicted molar refractivity (Wildman–Crippen MR) is 74.9 cm³/mol. The van der Waals surface area contributed by atoms with E-state index in [4.69, 9.17) is 28.3 Å². The third-order valence-electron chi connectivity index (χ3n) is 2.43. The summed E-state index contributed by atoms with van der Waals surface area (Å²) in [6, 6.07) is 4.24. The van der Waals surface area contributed by atoms with E-state index < -0.39 is 17.9 Å². The Kier molecular flexibility index (Phi) is 5.44. The number of amides is 2. The van der Waals surface area contributed by atoms with Crippen molar-refractivity contribution in [2.75, 3.05) is 18.9 Å². The molecule has 2 amide bonds. The molecule has 0 heterocycles. The predicted octanol–water partition coefficient (Wildman–Crippen LogP) is 3.18. The molecule has 2 N–H and O–H groups in total. The number of benzene rings is 1. The minimum atomic E-state index is -0.953. The quantitative estimate of drug-likeness (QED) is 0.897. The number of anilines is 1. The number of carboxylic acids is 1. The summed E-state index contributed by atoms with van der Waals surface area (Å²) < 4.78 is 0. The zero-order chi connectivity index (χ0) is 14.6. The Morgan fingerprint density at radius 2 is 1.84 bits per heavy atom. The van der Waals surface area contributed by atoms with Crippen molar-refractivity contribution in [2.45, 2.75) is 6.92 Å². The van der Waals surface area contributed by atoms with E-state index in [1.807, 2.05) is 0 Å². The number of hydrogen-bond donors (Lipinski definition) is 2. The Labute approximate surface area is 121 Å². The molecule has 1 atom stereocenters. The number of nitrogens with zero attached hydrogens (tertiary/aromatic N) is 1. The van der Waals surface area contributed by atoms with Crippen LogP contribution in [0.1, 0.15) is 6.92 Å². The Hall–Kier alpha value is -1.46. The van der Waals surface area contributed by atoms with Gasteiger partial charge in [0.2, 0.25) is 0 Å². The van der Waals surface area contributed by atoms with E-state index in [0.29, 0.717) is 15.7 Å². The van der Waals surface area contributed by atoms with E-state index in [-0.39, 0.29) is 6.54 Å². The first-order valence-corrected chi connectivity index (χ1v) is 6.26. The van der Waals surface area contributed by atoms with Gasteiger partial charge >= 0.3 is 12.0 Å². The molecule has 0 aliphatic carbocycles. The zero-order valence-corrected chi connectivity index (χ0v) is 12.0. The first-order valence-electron chi connectivity index (χ1n) is 5.50. The maximum Gasteiger partial charge on any atom is 0.321 e. The van der Waals surface area contributed by atoms with Crippen LogP contribution < -0.4 is 5.32 Å². The van der Waals surface area contributed by atoms with Gasteiger partial charge < -0.3 is 15.3 Å². The second kappa shape index (κ2) is 6.63. The third kappa shape index (κ3) is 4.96. The van der Waals surface area contributed by atoms with Crippen molar-refractivity contribution in [1.29, 1.82) is 0 Å². The second-order valence-electron chi connectivity index (χ2n) is 4.21. The minimum absolute atomic E-state index is 0.107. The molecule has 0 aliphatic rings. The molecule has 1 unspecified atom stereocenters. The van der Waals surface area contributed by atoms with E-state index in [2.05, 4.69) is 5.32 Å². The van der Waals surface area contributed by atoms with Crippen LogP contribution in [0.3, 0.4) is 0 Å². The van der Waals surface area contributed by atoms with Crippen molar-refractivity contribution in [3.8, 4) is 0 Å². The van der Waals surface area contributed by atoms with Crippen molar-refractivity contribution in [3.63, 3.8) is 0 Å². The van der Waals surface area contributed by atoms with Crippen molar-refractivity contribution < 1.29 is 14.7 Å². The molecule has 5 nitrogen and oxygen atoms in total. The Morgan fingerprint density at radius 3 is 2.32 bits per heavy atom. The molecular formula is C12H14Cl2N2O3. The first-order chi connectivity index (χ1) is 8.79. The lowest BCUT2D eigenvalue weighted by molar-refractivity contribution is -0.141. The lowest BCUT2D eigenvalue weighted by Gasteiger charge is -2.20. The number of carbonyl (C=O) groups excluding carboxylic acids is 1. The highest BCUT2D eigenvalue weighted by atomic mass is 35.5. The molecule has 0 bridgehead atoms. The summed E-state index contributed by atoms with van der Waals surface area (Å²) in [5.41, 5.74) is 0.456. The van der Waals surface area contributed by atoms with Gasteiger partial charge in [0.25, 0.3) is 0 Å². The average molecular weight is 305 g/mol. The molecule has 0 saturated heterocycles. The molecule has 104 valence electrons. The number of carbonyl (C=O) groups is 2. The van der Waals surface area contributed by atoms with Gasteiger partial charge in [0.15, 0.2) is 0 Å². The monoisotopic (exact) mass is 304 g/mol. The first kappa shape index (κ1) is 15.6. The number of rotatable bonds is 4. The maximum absolute atomic E-state index is 11.8. The van der Waals surface area contributed by atoms with E-state index >= 15 is 0 Å². The van der Waals surface area contributed by atoms with Gasteiger partial charge in [-0.15, -0.1) is 0 Å². The molecule has 0 saturated carbocycles. The van der Waals surface area contributed by atoms with E-state index in [1.54, 1.807) is 18.2 Å². The van der Waals surface area contributed by atoms with Gasteiger partial charge in [-0.2, -0.15) is 0 Å². The number of halogens is 2. The van der Waals surface area contributed by atoms with Gasteiger partial charge in [0, 0.05) is 29.3 Å². The Bertz CT molecular complexity index is 474. The van der Waals surface area contributed by atoms with Crippen LogP contribution in [0.4, 0.5) is 10.5 Å². The SMILES string of the molecule is CC(CN(C)C(=O)Nc1cc(Cl)cc(Cl)c1)C(=O)O. The van der Waals surface area contributed by atoms with Crippen LogP contribution in [0.5, 0.6) is 0 Å². The summed E-state index contributed by atoms with van der Waals surface area (Å²) in [7, 11) is 1.51. The zero-order valence-electron chi connectivity index (χ0n) is 10.5. The molecule has 1 aromatic rings. The Balaban J connectivity index is 2.66. The third-order valence-corrected chi connectivity index (χ3v) is 2.87. The molecule has 19 heavy (non-hydrogen) atoms. The van der Waals surface area contributed by atoms with E-state index in [9.17, 15) is 9.59 Å². The van der Waals surface area contributed by atoms with Gasteiger partial charge in [0.05, 0.1) is 5.92 Å². The van der Waals surface area contributed by atoms with Gasteiger partial charge in [-0.3, -0.25) is 4.79 Å². The smallest absolute Gasteiger partial charge is 0.321 e. The number of nitrogens with one attached hydrogen (secondary N) is 1. The van der Waals surface area contributed by atoms with Crippen LogP contribution >= 0.6 is 23.2 Å². The molecule has 0 fully saturated rings. The molecular weight excluding hydrogens is 291 g/mol. The standard InChI is InChI=1S/C12H14Cl2N2O3/c1-7(11(17)18)6-16(2)12(19)15-10-4-8(13)3-9(14)5-10/h3-5,7H,6H2,1-2H3,(H,15,19)(H,17,18). The molecule has 0 spiro atoms. The summed E-state index contributed by atoms with van der Waals surface area (Å²) >= 11 is 11.6. The minimum Gasteiger partial charge on any atom is -0.481 e. The molecule has 0 radical (unpaired) electrons. The van der Waals surface area contributed by atoms with Crippen molar-refractivity contribution in [3.05, 3.63) is 28.2 Å². The van der Waals surface area contributed by atoms with Crippen LogP contribution in [0, 0.1) is 5.92 Å².